The van der Waals surface area contributed by atoms with Gasteiger partial charge in [0.25, 0.3) is 5.91 Å². The number of rotatable bonds is 4. The van der Waals surface area contributed by atoms with Gasteiger partial charge in [-0.05, 0) is 13.3 Å². The first kappa shape index (κ1) is 11.7. The molecule has 0 aliphatic rings. The topological polar surface area (TPSA) is 67.2 Å². The maximum atomic E-state index is 11.7. The van der Waals surface area contributed by atoms with Crippen LogP contribution in [0.1, 0.15) is 29.9 Å². The Morgan fingerprint density at radius 3 is 2.93 bits per heavy atom. The minimum atomic E-state index is -0.234. The number of aryl methyl sites for hydroxylation is 2. The SMILES string of the molecule is CCc1nn(C)cc1C(=O)N[C@H](C)CO. The van der Waals surface area contributed by atoms with E-state index in [0.29, 0.717) is 5.56 Å². The largest absolute Gasteiger partial charge is 0.394 e. The molecule has 1 amide bonds. The van der Waals surface area contributed by atoms with E-state index in [4.69, 9.17) is 5.11 Å². The van der Waals surface area contributed by atoms with Crippen LogP contribution in [0.2, 0.25) is 0 Å². The van der Waals surface area contributed by atoms with E-state index < -0.39 is 0 Å². The molecule has 0 aliphatic heterocycles. The van der Waals surface area contributed by atoms with Crippen molar-refractivity contribution in [3.05, 3.63) is 17.5 Å². The van der Waals surface area contributed by atoms with Gasteiger partial charge in [0, 0.05) is 19.3 Å². The third kappa shape index (κ3) is 2.79. The fourth-order valence-electron chi connectivity index (χ4n) is 1.33. The number of nitrogens with zero attached hydrogens (tertiary/aromatic N) is 2. The van der Waals surface area contributed by atoms with E-state index in [1.807, 2.05) is 6.92 Å². The summed E-state index contributed by atoms with van der Waals surface area (Å²) < 4.78 is 1.62. The number of aliphatic hydroxyl groups excluding tert-OH is 1. The number of amides is 1. The van der Waals surface area contributed by atoms with Crippen molar-refractivity contribution in [1.29, 1.82) is 0 Å². The van der Waals surface area contributed by atoms with Crippen LogP contribution in [-0.2, 0) is 13.5 Å². The lowest BCUT2D eigenvalue weighted by atomic mass is 10.2. The van der Waals surface area contributed by atoms with E-state index in [0.717, 1.165) is 12.1 Å². The number of aliphatic hydroxyl groups is 1. The molecule has 2 N–H and O–H groups in total. The molecule has 15 heavy (non-hydrogen) atoms. The summed E-state index contributed by atoms with van der Waals surface area (Å²) >= 11 is 0. The van der Waals surface area contributed by atoms with Gasteiger partial charge >= 0.3 is 0 Å². The number of aromatic nitrogens is 2. The summed E-state index contributed by atoms with van der Waals surface area (Å²) in [4.78, 5) is 11.7. The number of carbonyl (C=O) groups is 1. The molecule has 0 saturated heterocycles. The zero-order valence-electron chi connectivity index (χ0n) is 9.32. The lowest BCUT2D eigenvalue weighted by Crippen LogP contribution is -2.35. The molecular weight excluding hydrogens is 194 g/mol. The van der Waals surface area contributed by atoms with E-state index in [1.165, 1.54) is 0 Å². The van der Waals surface area contributed by atoms with Crippen molar-refractivity contribution in [2.45, 2.75) is 26.3 Å². The number of hydrogen-bond acceptors (Lipinski definition) is 3. The normalized spacial score (nSPS) is 12.5. The Morgan fingerprint density at radius 2 is 2.40 bits per heavy atom. The summed E-state index contributed by atoms with van der Waals surface area (Å²) in [5.74, 6) is -0.179. The molecule has 1 rings (SSSR count). The van der Waals surface area contributed by atoms with Crippen molar-refractivity contribution in [3.63, 3.8) is 0 Å². The van der Waals surface area contributed by atoms with Crippen molar-refractivity contribution in [2.75, 3.05) is 6.61 Å². The Kier molecular flexibility index (Phi) is 3.85. The molecule has 5 nitrogen and oxygen atoms in total. The molecule has 84 valence electrons. The summed E-state index contributed by atoms with van der Waals surface area (Å²) in [6.45, 7) is 3.64. The Labute approximate surface area is 89.1 Å². The molecule has 1 aromatic rings. The molecule has 5 heteroatoms. The molecule has 0 saturated carbocycles. The summed E-state index contributed by atoms with van der Waals surface area (Å²) in [5.41, 5.74) is 1.36. The third-order valence-electron chi connectivity index (χ3n) is 2.14. The monoisotopic (exact) mass is 211 g/mol. The fraction of sp³-hybridized carbons (Fsp3) is 0.600. The van der Waals surface area contributed by atoms with Crippen LogP contribution in [0.25, 0.3) is 0 Å². The van der Waals surface area contributed by atoms with E-state index in [2.05, 4.69) is 10.4 Å². The van der Waals surface area contributed by atoms with Crippen LogP contribution in [0.15, 0.2) is 6.20 Å². The van der Waals surface area contributed by atoms with Gasteiger partial charge in [-0.1, -0.05) is 6.92 Å². The fourth-order valence-corrected chi connectivity index (χ4v) is 1.33. The molecule has 0 bridgehead atoms. The molecule has 0 fully saturated rings. The number of hydrogen-bond donors (Lipinski definition) is 2. The van der Waals surface area contributed by atoms with Crippen molar-refractivity contribution >= 4 is 5.91 Å². The second-order valence-corrected chi connectivity index (χ2v) is 3.57. The van der Waals surface area contributed by atoms with Crippen molar-refractivity contribution in [3.8, 4) is 0 Å². The van der Waals surface area contributed by atoms with Crippen LogP contribution in [-0.4, -0.2) is 33.4 Å². The van der Waals surface area contributed by atoms with Gasteiger partial charge in [0.15, 0.2) is 0 Å². The van der Waals surface area contributed by atoms with Gasteiger partial charge in [-0.25, -0.2) is 0 Å². The van der Waals surface area contributed by atoms with Gasteiger partial charge in [0.05, 0.1) is 17.9 Å². The highest BCUT2D eigenvalue weighted by molar-refractivity contribution is 5.95. The maximum absolute atomic E-state index is 11.7. The average Bonchev–Trinajstić information content (AvgIpc) is 2.59. The predicted molar refractivity (Wildman–Crippen MR) is 56.6 cm³/mol. The van der Waals surface area contributed by atoms with E-state index in [9.17, 15) is 4.79 Å². The highest BCUT2D eigenvalue weighted by Crippen LogP contribution is 2.07. The molecular formula is C10H17N3O2. The quantitative estimate of drug-likeness (QED) is 0.742. The second-order valence-electron chi connectivity index (χ2n) is 3.57. The molecule has 1 atom stereocenters. The van der Waals surface area contributed by atoms with Crippen LogP contribution in [0.5, 0.6) is 0 Å². The number of carbonyl (C=O) groups excluding carboxylic acids is 1. The molecule has 0 radical (unpaired) electrons. The van der Waals surface area contributed by atoms with Crippen LogP contribution >= 0.6 is 0 Å². The molecule has 0 aromatic carbocycles. The molecule has 0 unspecified atom stereocenters. The zero-order valence-corrected chi connectivity index (χ0v) is 9.32. The van der Waals surface area contributed by atoms with Crippen LogP contribution in [0, 0.1) is 0 Å². The van der Waals surface area contributed by atoms with Gasteiger partial charge in [-0.2, -0.15) is 5.10 Å². The third-order valence-corrected chi connectivity index (χ3v) is 2.14. The zero-order chi connectivity index (χ0) is 11.4. The Bertz CT molecular complexity index is 346. The summed E-state index contributed by atoms with van der Waals surface area (Å²) in [7, 11) is 1.78. The minimum absolute atomic E-state index is 0.0620. The van der Waals surface area contributed by atoms with Crippen LogP contribution < -0.4 is 5.32 Å². The highest BCUT2D eigenvalue weighted by Gasteiger charge is 2.15. The molecule has 0 aliphatic carbocycles. The lowest BCUT2D eigenvalue weighted by Gasteiger charge is -2.09. The maximum Gasteiger partial charge on any atom is 0.255 e. The Balaban J connectivity index is 2.81. The highest BCUT2D eigenvalue weighted by atomic mass is 16.3. The van der Waals surface area contributed by atoms with E-state index >= 15 is 0 Å². The predicted octanol–water partition coefficient (Wildman–Crippen LogP) is 0.0931. The first-order valence-electron chi connectivity index (χ1n) is 5.02. The van der Waals surface area contributed by atoms with Crippen LogP contribution in [0.4, 0.5) is 0 Å². The number of nitrogens with one attached hydrogen (secondary N) is 1. The Hall–Kier alpha value is -1.36. The van der Waals surface area contributed by atoms with Gasteiger partial charge in [-0.15, -0.1) is 0 Å². The average molecular weight is 211 g/mol. The lowest BCUT2D eigenvalue weighted by molar-refractivity contribution is 0.0921. The summed E-state index contributed by atoms with van der Waals surface area (Å²) in [6.07, 6.45) is 2.41. The smallest absolute Gasteiger partial charge is 0.255 e. The van der Waals surface area contributed by atoms with Gasteiger partial charge in [0.1, 0.15) is 0 Å². The Morgan fingerprint density at radius 1 is 1.73 bits per heavy atom. The van der Waals surface area contributed by atoms with Crippen LogP contribution in [0.3, 0.4) is 0 Å². The first-order chi connectivity index (χ1) is 7.08. The van der Waals surface area contributed by atoms with Gasteiger partial charge in [-0.3, -0.25) is 9.48 Å². The van der Waals surface area contributed by atoms with Gasteiger partial charge in [0.2, 0.25) is 0 Å². The van der Waals surface area contributed by atoms with Crippen molar-refractivity contribution in [1.82, 2.24) is 15.1 Å². The van der Waals surface area contributed by atoms with E-state index in [-0.39, 0.29) is 18.6 Å². The summed E-state index contributed by atoms with van der Waals surface area (Å²) in [5, 5.41) is 15.7. The second kappa shape index (κ2) is 4.93. The first-order valence-corrected chi connectivity index (χ1v) is 5.02. The standard InChI is InChI=1S/C10H17N3O2/c1-4-9-8(5-13(3)12-9)10(15)11-7(2)6-14/h5,7,14H,4,6H2,1-3H3,(H,11,15)/t7-/m1/s1. The molecule has 1 heterocycles. The minimum Gasteiger partial charge on any atom is -0.394 e. The summed E-state index contributed by atoms with van der Waals surface area (Å²) in [6, 6.07) is -0.234. The van der Waals surface area contributed by atoms with E-state index in [1.54, 1.807) is 24.9 Å². The van der Waals surface area contributed by atoms with Crippen molar-refractivity contribution < 1.29 is 9.90 Å². The molecule has 0 spiro atoms. The van der Waals surface area contributed by atoms with Gasteiger partial charge < -0.3 is 10.4 Å². The molecule has 1 aromatic heterocycles. The van der Waals surface area contributed by atoms with Crippen molar-refractivity contribution in [2.24, 2.45) is 7.05 Å².